The van der Waals surface area contributed by atoms with Crippen LogP contribution in [0.1, 0.15) is 45.0 Å². The van der Waals surface area contributed by atoms with Gasteiger partial charge in [0.25, 0.3) is 5.91 Å². The quantitative estimate of drug-likeness (QED) is 0.768. The second-order valence-corrected chi connectivity index (χ2v) is 5.62. The minimum absolute atomic E-state index is 0.0000490. The number of carbonyl (C=O) groups excluding carboxylic acids is 1. The van der Waals surface area contributed by atoms with Gasteiger partial charge in [-0.25, -0.2) is 0 Å². The Kier molecular flexibility index (Phi) is 7.15. The third-order valence-corrected chi connectivity index (χ3v) is 3.07. The molecule has 0 aliphatic heterocycles. The molecule has 0 fully saturated rings. The van der Waals surface area contributed by atoms with E-state index in [2.05, 4.69) is 17.2 Å². The second-order valence-electron chi connectivity index (χ2n) is 5.62. The summed E-state index contributed by atoms with van der Waals surface area (Å²) in [5.74, 6) is 0.527. The number of nitrogens with one attached hydrogen (secondary N) is 1. The highest BCUT2D eigenvalue weighted by molar-refractivity contribution is 5.77. The maximum absolute atomic E-state index is 11.8. The number of aromatic nitrogens is 1. The van der Waals surface area contributed by atoms with Gasteiger partial charge in [0.2, 0.25) is 0 Å². The summed E-state index contributed by atoms with van der Waals surface area (Å²) in [6, 6.07) is 3.89. The second kappa shape index (κ2) is 8.62. The van der Waals surface area contributed by atoms with Gasteiger partial charge in [0.15, 0.2) is 6.61 Å². The number of pyridine rings is 1. The summed E-state index contributed by atoms with van der Waals surface area (Å²) in [6.07, 6.45) is 2.64. The lowest BCUT2D eigenvalue weighted by Crippen LogP contribution is -2.36. The number of nitrogens with two attached hydrogens (primary N) is 1. The predicted molar refractivity (Wildman–Crippen MR) is 84.3 cm³/mol. The number of ether oxygens (including phenoxy) is 1. The first-order valence-corrected chi connectivity index (χ1v) is 7.56. The Bertz CT molecular complexity index is 461. The zero-order chi connectivity index (χ0) is 15.8. The van der Waals surface area contributed by atoms with Crippen LogP contribution in [-0.4, -0.2) is 29.6 Å². The summed E-state index contributed by atoms with van der Waals surface area (Å²) >= 11 is 0. The van der Waals surface area contributed by atoms with Gasteiger partial charge >= 0.3 is 0 Å². The lowest BCUT2D eigenvalue weighted by molar-refractivity contribution is -0.123. The highest BCUT2D eigenvalue weighted by Gasteiger charge is 2.11. The van der Waals surface area contributed by atoms with Crippen molar-refractivity contribution in [2.24, 2.45) is 5.73 Å². The van der Waals surface area contributed by atoms with Crippen LogP contribution in [0.4, 0.5) is 0 Å². The highest BCUT2D eigenvalue weighted by Crippen LogP contribution is 2.18. The van der Waals surface area contributed by atoms with E-state index < -0.39 is 0 Å². The van der Waals surface area contributed by atoms with Crippen LogP contribution < -0.4 is 15.8 Å². The van der Waals surface area contributed by atoms with E-state index in [1.165, 1.54) is 0 Å². The van der Waals surface area contributed by atoms with Crippen molar-refractivity contribution in [2.75, 3.05) is 6.61 Å². The zero-order valence-corrected chi connectivity index (χ0v) is 13.5. The Morgan fingerprint density at radius 2 is 2.14 bits per heavy atom. The monoisotopic (exact) mass is 293 g/mol. The van der Waals surface area contributed by atoms with E-state index in [1.54, 1.807) is 0 Å². The van der Waals surface area contributed by atoms with E-state index in [9.17, 15) is 4.79 Å². The minimum Gasteiger partial charge on any atom is -0.482 e. The van der Waals surface area contributed by atoms with Crippen molar-refractivity contribution < 1.29 is 9.53 Å². The number of nitrogens with zero attached hydrogens (tertiary/aromatic N) is 1. The van der Waals surface area contributed by atoms with E-state index in [0.29, 0.717) is 12.2 Å². The minimum atomic E-state index is -0.108. The van der Waals surface area contributed by atoms with Crippen LogP contribution in [0.5, 0.6) is 5.75 Å². The molecule has 118 valence electrons. The van der Waals surface area contributed by atoms with E-state index >= 15 is 0 Å². The summed E-state index contributed by atoms with van der Waals surface area (Å²) < 4.78 is 5.60. The average molecular weight is 293 g/mol. The smallest absolute Gasteiger partial charge is 0.258 e. The molecule has 1 amide bonds. The van der Waals surface area contributed by atoms with E-state index in [4.69, 9.17) is 10.5 Å². The summed E-state index contributed by atoms with van der Waals surface area (Å²) in [5.41, 5.74) is 7.54. The lowest BCUT2D eigenvalue weighted by atomic mass is 10.1. The molecule has 3 N–H and O–H groups in total. The lowest BCUT2D eigenvalue weighted by Gasteiger charge is -2.15. The van der Waals surface area contributed by atoms with Crippen LogP contribution in [0.2, 0.25) is 0 Å². The van der Waals surface area contributed by atoms with Crippen molar-refractivity contribution in [1.82, 2.24) is 10.3 Å². The van der Waals surface area contributed by atoms with Crippen molar-refractivity contribution in [2.45, 2.75) is 59.0 Å². The van der Waals surface area contributed by atoms with Crippen molar-refractivity contribution in [3.8, 4) is 5.75 Å². The molecule has 0 saturated carbocycles. The summed E-state index contributed by atoms with van der Waals surface area (Å²) in [6.45, 7) is 7.94. The third-order valence-electron chi connectivity index (χ3n) is 3.07. The van der Waals surface area contributed by atoms with Gasteiger partial charge < -0.3 is 15.8 Å². The molecule has 0 aliphatic carbocycles. The number of carbonyl (C=O) groups is 1. The number of aryl methyl sites for hydroxylation is 1. The molecule has 0 spiro atoms. The van der Waals surface area contributed by atoms with Gasteiger partial charge in [0, 0.05) is 24.2 Å². The fraction of sp³-hybridized carbons (Fsp3) is 0.625. The maximum atomic E-state index is 11.8. The molecule has 2 atom stereocenters. The molecule has 0 aromatic carbocycles. The molecule has 1 rings (SSSR count). The number of hydrogen-bond donors (Lipinski definition) is 2. The van der Waals surface area contributed by atoms with Gasteiger partial charge in [-0.1, -0.05) is 13.3 Å². The van der Waals surface area contributed by atoms with Gasteiger partial charge in [-0.2, -0.15) is 0 Å². The molecule has 5 nitrogen and oxygen atoms in total. The molecule has 0 bridgehead atoms. The van der Waals surface area contributed by atoms with Crippen LogP contribution in [0.3, 0.4) is 0 Å². The van der Waals surface area contributed by atoms with E-state index in [1.807, 2.05) is 32.9 Å². The molecule has 1 aromatic rings. The molecule has 1 heterocycles. The number of rotatable bonds is 8. The fourth-order valence-electron chi connectivity index (χ4n) is 2.15. The van der Waals surface area contributed by atoms with Gasteiger partial charge in [-0.15, -0.1) is 0 Å². The molecule has 21 heavy (non-hydrogen) atoms. The zero-order valence-electron chi connectivity index (χ0n) is 13.5. The predicted octanol–water partition coefficient (Wildman–Crippen LogP) is 1.96. The molecule has 0 saturated heterocycles. The molecule has 5 heteroatoms. The summed E-state index contributed by atoms with van der Waals surface area (Å²) in [4.78, 5) is 16.3. The number of amides is 1. The van der Waals surface area contributed by atoms with Crippen LogP contribution >= 0.6 is 0 Å². The van der Waals surface area contributed by atoms with Crippen LogP contribution in [0.25, 0.3) is 0 Å². The van der Waals surface area contributed by atoms with Crippen molar-refractivity contribution in [3.63, 3.8) is 0 Å². The standard InChI is InChI=1S/C16H27N3O2/c1-5-6-12(3)19-16(20)10-21-15-8-7-13(4)18-14(15)9-11(2)17/h7-8,11-12H,5-6,9-10,17H2,1-4H3,(H,19,20). The summed E-state index contributed by atoms with van der Waals surface area (Å²) in [7, 11) is 0. The molecule has 0 aliphatic rings. The Balaban J connectivity index is 2.60. The van der Waals surface area contributed by atoms with Crippen molar-refractivity contribution >= 4 is 5.91 Å². The average Bonchev–Trinajstić information content (AvgIpc) is 2.37. The largest absolute Gasteiger partial charge is 0.482 e. The Morgan fingerprint density at radius 3 is 2.76 bits per heavy atom. The Hall–Kier alpha value is -1.62. The van der Waals surface area contributed by atoms with E-state index in [-0.39, 0.29) is 24.6 Å². The molecular formula is C16H27N3O2. The van der Waals surface area contributed by atoms with Crippen LogP contribution in [0, 0.1) is 6.92 Å². The summed E-state index contributed by atoms with van der Waals surface area (Å²) in [5, 5.41) is 2.91. The SMILES string of the molecule is CCCC(C)NC(=O)COc1ccc(C)nc1CC(C)N. The molecule has 0 radical (unpaired) electrons. The topological polar surface area (TPSA) is 77.2 Å². The van der Waals surface area contributed by atoms with Crippen LogP contribution in [0.15, 0.2) is 12.1 Å². The maximum Gasteiger partial charge on any atom is 0.258 e. The number of hydrogen-bond acceptors (Lipinski definition) is 4. The van der Waals surface area contributed by atoms with Crippen molar-refractivity contribution in [3.05, 3.63) is 23.5 Å². The van der Waals surface area contributed by atoms with Gasteiger partial charge in [0.1, 0.15) is 5.75 Å². The Labute approximate surface area is 127 Å². The first kappa shape index (κ1) is 17.4. The molecule has 1 aromatic heterocycles. The first-order valence-electron chi connectivity index (χ1n) is 7.56. The molecule has 2 unspecified atom stereocenters. The van der Waals surface area contributed by atoms with Gasteiger partial charge in [-0.3, -0.25) is 9.78 Å². The molecular weight excluding hydrogens is 266 g/mol. The van der Waals surface area contributed by atoms with E-state index in [0.717, 1.165) is 24.2 Å². The van der Waals surface area contributed by atoms with Crippen molar-refractivity contribution in [1.29, 1.82) is 0 Å². The fourth-order valence-corrected chi connectivity index (χ4v) is 2.15. The van der Waals surface area contributed by atoms with Gasteiger partial charge in [0.05, 0.1) is 5.69 Å². The van der Waals surface area contributed by atoms with Gasteiger partial charge in [-0.05, 0) is 39.3 Å². The normalized spacial score (nSPS) is 13.6. The first-order chi connectivity index (χ1) is 9.92. The highest BCUT2D eigenvalue weighted by atomic mass is 16.5. The van der Waals surface area contributed by atoms with Crippen LogP contribution in [-0.2, 0) is 11.2 Å². The Morgan fingerprint density at radius 1 is 1.43 bits per heavy atom. The third kappa shape index (κ3) is 6.58.